The molecule has 1 rings (SSSR count). The molecule has 1 N–H and O–H groups in total. The maximum absolute atomic E-state index is 11.4. The minimum atomic E-state index is 0.00471. The number of nitrogens with one attached hydrogen (secondary N) is 1. The quantitative estimate of drug-likeness (QED) is 0.722. The van der Waals surface area contributed by atoms with Crippen molar-refractivity contribution in [2.75, 3.05) is 0 Å². The molecule has 0 radical (unpaired) electrons. The third-order valence-electron chi connectivity index (χ3n) is 2.55. The summed E-state index contributed by atoms with van der Waals surface area (Å²) in [5.41, 5.74) is 2.38. The fourth-order valence-corrected chi connectivity index (χ4v) is 1.63. The topological polar surface area (TPSA) is 29.1 Å². The summed E-state index contributed by atoms with van der Waals surface area (Å²) in [5, 5.41) is 2.91. The highest BCUT2D eigenvalue weighted by atomic mass is 16.1. The number of allylic oxidation sites excluding steroid dienone is 2. The summed E-state index contributed by atoms with van der Waals surface area (Å²) in [6.07, 6.45) is 4.83. The lowest BCUT2D eigenvalue weighted by atomic mass is 9.84. The van der Waals surface area contributed by atoms with Gasteiger partial charge in [0, 0.05) is 11.8 Å². The van der Waals surface area contributed by atoms with Crippen LogP contribution in [0.1, 0.15) is 48.0 Å². The van der Waals surface area contributed by atoms with Gasteiger partial charge in [0.05, 0.1) is 0 Å². The van der Waals surface area contributed by atoms with Crippen LogP contribution < -0.4 is 5.32 Å². The Morgan fingerprint density at radius 3 is 2.19 bits per heavy atom. The predicted octanol–water partition coefficient (Wildman–Crippen LogP) is 3.41. The van der Waals surface area contributed by atoms with Gasteiger partial charge in [0.15, 0.2) is 0 Å². The molecule has 0 unspecified atom stereocenters. The molecule has 1 aliphatic rings. The molecule has 2 nitrogen and oxygen atoms in total. The first-order valence-corrected chi connectivity index (χ1v) is 5.83. The van der Waals surface area contributed by atoms with Gasteiger partial charge in [0.2, 0.25) is 5.91 Å². The summed E-state index contributed by atoms with van der Waals surface area (Å²) < 4.78 is 0. The Morgan fingerprint density at radius 1 is 1.19 bits per heavy atom. The lowest BCUT2D eigenvalue weighted by Gasteiger charge is -2.22. The van der Waals surface area contributed by atoms with E-state index in [0.29, 0.717) is 0 Å². The van der Waals surface area contributed by atoms with Crippen LogP contribution >= 0.6 is 0 Å². The number of hydrogen-bond acceptors (Lipinski definition) is 1. The molecule has 1 aliphatic heterocycles. The first-order valence-electron chi connectivity index (χ1n) is 5.83. The zero-order chi connectivity index (χ0) is 12.6. The normalized spacial score (nSPS) is 20.0. The van der Waals surface area contributed by atoms with E-state index in [1.807, 2.05) is 0 Å². The molecule has 1 amide bonds. The third kappa shape index (κ3) is 3.51. The van der Waals surface area contributed by atoms with Crippen LogP contribution in [0.2, 0.25) is 0 Å². The number of hydrogen-bond donors (Lipinski definition) is 1. The van der Waals surface area contributed by atoms with Crippen molar-refractivity contribution in [2.24, 2.45) is 10.8 Å². The van der Waals surface area contributed by atoms with E-state index in [-0.39, 0.29) is 16.7 Å². The lowest BCUT2D eigenvalue weighted by Crippen LogP contribution is -2.18. The van der Waals surface area contributed by atoms with E-state index >= 15 is 0 Å². The molecule has 0 aromatic rings. The van der Waals surface area contributed by atoms with Crippen LogP contribution in [0, 0.1) is 10.8 Å². The van der Waals surface area contributed by atoms with Crippen LogP contribution in [-0.4, -0.2) is 5.91 Å². The fourth-order valence-electron chi connectivity index (χ4n) is 1.63. The molecule has 0 spiro atoms. The van der Waals surface area contributed by atoms with Crippen LogP contribution in [0.3, 0.4) is 0 Å². The molecule has 0 aliphatic carbocycles. The van der Waals surface area contributed by atoms with E-state index in [1.54, 1.807) is 6.08 Å². The zero-order valence-electron chi connectivity index (χ0n) is 11.3. The number of carbonyl (C=O) groups excluding carboxylic acids is 1. The molecular weight excluding hydrogens is 198 g/mol. The van der Waals surface area contributed by atoms with Gasteiger partial charge in [-0.3, -0.25) is 4.79 Å². The summed E-state index contributed by atoms with van der Waals surface area (Å²) in [6, 6.07) is 0. The molecule has 0 atom stereocenters. The molecule has 0 saturated carbocycles. The van der Waals surface area contributed by atoms with Gasteiger partial charge in [0.1, 0.15) is 0 Å². The van der Waals surface area contributed by atoms with Crippen molar-refractivity contribution in [2.45, 2.75) is 48.0 Å². The van der Waals surface area contributed by atoms with Gasteiger partial charge in [-0.25, -0.2) is 0 Å². The van der Waals surface area contributed by atoms with Crippen LogP contribution in [0.15, 0.2) is 23.4 Å². The van der Waals surface area contributed by atoms with Crippen molar-refractivity contribution in [3.05, 3.63) is 23.4 Å². The summed E-state index contributed by atoms with van der Waals surface area (Å²) >= 11 is 0. The van der Waals surface area contributed by atoms with Gasteiger partial charge in [0.25, 0.3) is 0 Å². The second-order valence-electron chi connectivity index (χ2n) is 6.68. The number of amides is 1. The minimum Gasteiger partial charge on any atom is -0.323 e. The van der Waals surface area contributed by atoms with E-state index in [0.717, 1.165) is 17.7 Å². The van der Waals surface area contributed by atoms with Gasteiger partial charge in [-0.15, -0.1) is 0 Å². The molecular formula is C14H23NO. The molecule has 90 valence electrons. The minimum absolute atomic E-state index is 0.00471. The van der Waals surface area contributed by atoms with Gasteiger partial charge >= 0.3 is 0 Å². The first-order chi connectivity index (χ1) is 7.09. The van der Waals surface area contributed by atoms with Gasteiger partial charge < -0.3 is 5.32 Å². The molecule has 1 heterocycles. The average Bonchev–Trinajstić information content (AvgIpc) is 2.41. The smallest absolute Gasteiger partial charge is 0.248 e. The SMILES string of the molecule is CC(C)(C)C/C=C1\NC(=O)C=C1C(C)(C)C. The summed E-state index contributed by atoms with van der Waals surface area (Å²) in [4.78, 5) is 11.4. The van der Waals surface area contributed by atoms with E-state index in [2.05, 4.69) is 52.9 Å². The van der Waals surface area contributed by atoms with Crippen LogP contribution in [0.4, 0.5) is 0 Å². The van der Waals surface area contributed by atoms with Crippen molar-refractivity contribution >= 4 is 5.91 Å². The molecule has 0 aromatic heterocycles. The highest BCUT2D eigenvalue weighted by Crippen LogP contribution is 2.33. The van der Waals surface area contributed by atoms with E-state index in [1.165, 1.54) is 0 Å². The van der Waals surface area contributed by atoms with Gasteiger partial charge in [-0.2, -0.15) is 0 Å². The lowest BCUT2D eigenvalue weighted by molar-refractivity contribution is -0.115. The Hall–Kier alpha value is -1.05. The number of rotatable bonds is 1. The molecule has 0 aromatic carbocycles. The number of carbonyl (C=O) groups is 1. The van der Waals surface area contributed by atoms with Crippen LogP contribution in [-0.2, 0) is 4.79 Å². The fraction of sp³-hybridized carbons (Fsp3) is 0.643. The zero-order valence-corrected chi connectivity index (χ0v) is 11.3. The summed E-state index contributed by atoms with van der Waals surface area (Å²) in [5.74, 6) is 0.00471. The van der Waals surface area contributed by atoms with Crippen molar-refractivity contribution in [1.82, 2.24) is 5.32 Å². The Bertz CT molecular complexity index is 348. The highest BCUT2D eigenvalue weighted by molar-refractivity contribution is 5.95. The van der Waals surface area contributed by atoms with Crippen molar-refractivity contribution < 1.29 is 4.79 Å². The molecule has 2 heteroatoms. The second kappa shape index (κ2) is 4.08. The predicted molar refractivity (Wildman–Crippen MR) is 67.8 cm³/mol. The largest absolute Gasteiger partial charge is 0.323 e. The van der Waals surface area contributed by atoms with E-state index in [9.17, 15) is 4.79 Å². The maximum atomic E-state index is 11.4. The summed E-state index contributed by atoms with van der Waals surface area (Å²) in [6.45, 7) is 13.0. The Kier molecular flexibility index (Phi) is 3.32. The monoisotopic (exact) mass is 221 g/mol. The summed E-state index contributed by atoms with van der Waals surface area (Å²) in [7, 11) is 0. The van der Waals surface area contributed by atoms with Crippen molar-refractivity contribution in [3.63, 3.8) is 0 Å². The second-order valence-corrected chi connectivity index (χ2v) is 6.68. The van der Waals surface area contributed by atoms with Crippen molar-refractivity contribution in [3.8, 4) is 0 Å². The van der Waals surface area contributed by atoms with Gasteiger partial charge in [-0.1, -0.05) is 47.6 Å². The Morgan fingerprint density at radius 2 is 1.75 bits per heavy atom. The van der Waals surface area contributed by atoms with E-state index in [4.69, 9.17) is 0 Å². The Balaban J connectivity index is 2.91. The molecule has 16 heavy (non-hydrogen) atoms. The third-order valence-corrected chi connectivity index (χ3v) is 2.55. The van der Waals surface area contributed by atoms with Gasteiger partial charge in [-0.05, 0) is 22.8 Å². The van der Waals surface area contributed by atoms with E-state index < -0.39 is 0 Å². The molecule has 0 fully saturated rings. The van der Waals surface area contributed by atoms with Crippen LogP contribution in [0.5, 0.6) is 0 Å². The van der Waals surface area contributed by atoms with Crippen LogP contribution in [0.25, 0.3) is 0 Å². The first kappa shape index (κ1) is 13.0. The molecule has 0 saturated heterocycles. The van der Waals surface area contributed by atoms with Crippen molar-refractivity contribution in [1.29, 1.82) is 0 Å². The molecule has 0 bridgehead atoms. The standard InChI is InChI=1S/C14H23NO/c1-13(2,3)8-7-11-10(14(4,5)6)9-12(16)15-11/h7,9H,8H2,1-6H3,(H,15,16)/b11-7-. The Labute approximate surface area is 98.8 Å². The maximum Gasteiger partial charge on any atom is 0.248 e. The highest BCUT2D eigenvalue weighted by Gasteiger charge is 2.27. The average molecular weight is 221 g/mol.